The van der Waals surface area contributed by atoms with E-state index in [0.717, 1.165) is 31.7 Å². The first-order chi connectivity index (χ1) is 19.9. The smallest absolute Gasteiger partial charge is 0.317 e. The lowest BCUT2D eigenvalue weighted by Gasteiger charge is -2.32. The Hall–Kier alpha value is -3.46. The van der Waals surface area contributed by atoms with Crippen LogP contribution in [0.2, 0.25) is 0 Å². The first-order valence-corrected chi connectivity index (χ1v) is 13.7. The molecule has 0 saturated heterocycles. The van der Waals surface area contributed by atoms with Crippen LogP contribution in [-0.2, 0) is 14.2 Å². The van der Waals surface area contributed by atoms with Crippen LogP contribution >= 0.6 is 0 Å². The largest absolute Gasteiger partial charge is 0.394 e. The van der Waals surface area contributed by atoms with Crippen LogP contribution in [0.25, 0.3) is 22.4 Å². The van der Waals surface area contributed by atoms with E-state index < -0.39 is 11.6 Å². The molecule has 2 amide bonds. The molecule has 0 aromatic carbocycles. The van der Waals surface area contributed by atoms with Crippen molar-refractivity contribution >= 4 is 22.9 Å². The van der Waals surface area contributed by atoms with Crippen molar-refractivity contribution in [1.82, 2.24) is 30.2 Å². The number of urea groups is 1. The van der Waals surface area contributed by atoms with Gasteiger partial charge in [0.1, 0.15) is 11.5 Å². The minimum absolute atomic E-state index is 0.0113. The maximum Gasteiger partial charge on any atom is 0.317 e. The molecule has 3 aromatic rings. The van der Waals surface area contributed by atoms with Gasteiger partial charge in [0.2, 0.25) is 0 Å². The fraction of sp³-hybridized carbons (Fsp3) is 0.556. The Morgan fingerprint density at radius 1 is 1.07 bits per heavy atom. The Bertz CT molecular complexity index is 1260. The summed E-state index contributed by atoms with van der Waals surface area (Å²) in [6.07, 6.45) is 6.90. The molecule has 12 nitrogen and oxygen atoms in total. The fourth-order valence-electron chi connectivity index (χ4n) is 4.60. The normalized spacial score (nSPS) is 17.1. The van der Waals surface area contributed by atoms with E-state index in [0.29, 0.717) is 69.2 Å². The minimum atomic E-state index is -0.593. The van der Waals surface area contributed by atoms with Gasteiger partial charge in [0.15, 0.2) is 17.5 Å². The summed E-state index contributed by atoms with van der Waals surface area (Å²) in [4.78, 5) is 29.7. The second kappa shape index (κ2) is 15.5. The number of carbonyl (C=O) groups excluding carboxylic acids is 1. The van der Waals surface area contributed by atoms with E-state index in [1.54, 1.807) is 18.1 Å². The van der Waals surface area contributed by atoms with Gasteiger partial charge in [0, 0.05) is 42.8 Å². The van der Waals surface area contributed by atoms with Crippen molar-refractivity contribution in [1.29, 1.82) is 0 Å². The molecule has 0 unspecified atom stereocenters. The number of aliphatic hydroxyl groups excluding tert-OH is 1. The highest BCUT2D eigenvalue weighted by molar-refractivity contribution is 5.91. The Morgan fingerprint density at radius 3 is 2.59 bits per heavy atom. The number of pyridine rings is 1. The summed E-state index contributed by atoms with van der Waals surface area (Å²) in [5, 5.41) is 15.4. The summed E-state index contributed by atoms with van der Waals surface area (Å²) < 4.78 is 44.4. The topological polar surface area (TPSA) is 147 Å². The number of hydrogen-bond donors (Lipinski definition) is 4. The Kier molecular flexibility index (Phi) is 11.5. The monoisotopic (exact) mass is 577 g/mol. The summed E-state index contributed by atoms with van der Waals surface area (Å²) in [6.45, 7) is 2.74. The van der Waals surface area contributed by atoms with Gasteiger partial charge in [-0.15, -0.1) is 0 Å². The molecule has 2 atom stereocenters. The zero-order valence-corrected chi connectivity index (χ0v) is 23.1. The molecule has 3 heterocycles. The van der Waals surface area contributed by atoms with Gasteiger partial charge in [-0.2, -0.15) is 0 Å². The molecule has 1 saturated carbocycles. The van der Waals surface area contributed by atoms with Crippen molar-refractivity contribution in [3.63, 3.8) is 0 Å². The number of rotatable bonds is 15. The molecular formula is C27H37F2N7O5. The van der Waals surface area contributed by atoms with E-state index in [-0.39, 0.29) is 36.4 Å². The molecule has 0 bridgehead atoms. The Labute approximate surface area is 236 Å². The van der Waals surface area contributed by atoms with Crippen LogP contribution in [0.3, 0.4) is 0 Å². The van der Waals surface area contributed by atoms with Gasteiger partial charge < -0.3 is 39.8 Å². The minimum Gasteiger partial charge on any atom is -0.394 e. The molecule has 1 aliphatic rings. The summed E-state index contributed by atoms with van der Waals surface area (Å²) >= 11 is 0. The van der Waals surface area contributed by atoms with Crippen LogP contribution in [0.1, 0.15) is 25.7 Å². The lowest BCUT2D eigenvalue weighted by Crippen LogP contribution is -2.47. The summed E-state index contributed by atoms with van der Waals surface area (Å²) in [5.41, 5.74) is 1.00. The van der Waals surface area contributed by atoms with Crippen LogP contribution in [0.4, 0.5) is 19.4 Å². The first kappa shape index (κ1) is 30.5. The van der Waals surface area contributed by atoms with Crippen molar-refractivity contribution in [2.24, 2.45) is 0 Å². The van der Waals surface area contributed by atoms with Crippen LogP contribution in [0, 0.1) is 11.6 Å². The second-order valence-electron chi connectivity index (χ2n) is 9.78. The molecule has 0 spiro atoms. The van der Waals surface area contributed by atoms with Crippen LogP contribution in [0.15, 0.2) is 24.7 Å². The molecule has 1 aliphatic carbocycles. The number of anilines is 1. The molecule has 3 aromatic heterocycles. The van der Waals surface area contributed by atoms with Gasteiger partial charge in [-0.05, 0) is 31.7 Å². The molecule has 0 radical (unpaired) electrons. The van der Waals surface area contributed by atoms with E-state index in [4.69, 9.17) is 19.3 Å². The highest BCUT2D eigenvalue weighted by Gasteiger charge is 2.25. The number of ether oxygens (including phenoxy) is 3. The Morgan fingerprint density at radius 2 is 1.80 bits per heavy atom. The highest BCUT2D eigenvalue weighted by atomic mass is 19.1. The molecule has 4 rings (SSSR count). The van der Waals surface area contributed by atoms with Crippen LogP contribution in [-0.4, -0.2) is 108 Å². The van der Waals surface area contributed by atoms with Gasteiger partial charge >= 0.3 is 6.03 Å². The molecule has 14 heteroatoms. The van der Waals surface area contributed by atoms with E-state index in [1.807, 2.05) is 0 Å². The van der Waals surface area contributed by atoms with Crippen molar-refractivity contribution in [2.45, 2.75) is 37.8 Å². The molecule has 224 valence electrons. The molecule has 1 fully saturated rings. The Balaban J connectivity index is 1.21. The third-order valence-corrected chi connectivity index (χ3v) is 6.72. The number of nitrogens with one attached hydrogen (secondary N) is 3. The standard InChI is InChI=1S/C27H37F2N7O5/c1-36(5-7-39-9-11-41-12-10-40-8-6-37)27(38)34-20-4-2-3-19(14-20)33-26-23(29)17-32-25(35-26)22-16-31-24-21(22)13-18(28)15-30-24/h13,15-17,19-20,37H,2-12,14H2,1H3,(H,30,31)(H,34,38)(H,32,33,35)/t19-,20+/m1/s1. The second-order valence-corrected chi connectivity index (χ2v) is 9.78. The number of nitrogens with zero attached hydrogens (tertiary/aromatic N) is 4. The molecule has 41 heavy (non-hydrogen) atoms. The van der Waals surface area contributed by atoms with Gasteiger partial charge in [-0.25, -0.2) is 28.5 Å². The molecule has 0 aliphatic heterocycles. The number of aromatic nitrogens is 4. The molecular weight excluding hydrogens is 540 g/mol. The third kappa shape index (κ3) is 9.01. The SMILES string of the molecule is CN(CCOCCOCCOCCO)C(=O)N[C@H]1CCC[C@@H](Nc2nc(-c3c[nH]c4ncc(F)cc34)ncc2F)C1. The summed E-state index contributed by atoms with van der Waals surface area (Å²) in [7, 11) is 1.70. The maximum atomic E-state index is 14.7. The molecule has 4 N–H and O–H groups in total. The van der Waals surface area contributed by atoms with Crippen LogP contribution in [0.5, 0.6) is 0 Å². The van der Waals surface area contributed by atoms with Crippen molar-refractivity contribution in [3.8, 4) is 11.4 Å². The van der Waals surface area contributed by atoms with E-state index in [2.05, 4.69) is 30.6 Å². The summed E-state index contributed by atoms with van der Waals surface area (Å²) in [5.74, 6) is -0.781. The van der Waals surface area contributed by atoms with Crippen molar-refractivity contribution in [3.05, 3.63) is 36.3 Å². The lowest BCUT2D eigenvalue weighted by molar-refractivity contribution is 0.00627. The van der Waals surface area contributed by atoms with E-state index >= 15 is 0 Å². The van der Waals surface area contributed by atoms with E-state index in [1.165, 1.54) is 6.07 Å². The number of aromatic amines is 1. The van der Waals surface area contributed by atoms with Gasteiger partial charge in [0.25, 0.3) is 0 Å². The number of aliphatic hydroxyl groups is 1. The van der Waals surface area contributed by atoms with Gasteiger partial charge in [0.05, 0.1) is 58.6 Å². The van der Waals surface area contributed by atoms with Gasteiger partial charge in [-0.1, -0.05) is 0 Å². The fourth-order valence-corrected chi connectivity index (χ4v) is 4.60. The van der Waals surface area contributed by atoms with Crippen LogP contribution < -0.4 is 10.6 Å². The zero-order valence-electron chi connectivity index (χ0n) is 23.1. The number of hydrogen-bond acceptors (Lipinski definition) is 9. The quantitative estimate of drug-likeness (QED) is 0.200. The predicted molar refractivity (Wildman–Crippen MR) is 147 cm³/mol. The number of H-pyrrole nitrogens is 1. The average Bonchev–Trinajstić information content (AvgIpc) is 3.38. The number of halogens is 2. The lowest BCUT2D eigenvalue weighted by atomic mass is 9.91. The first-order valence-electron chi connectivity index (χ1n) is 13.7. The summed E-state index contributed by atoms with van der Waals surface area (Å²) in [6, 6.07) is 0.952. The number of carbonyl (C=O) groups is 1. The van der Waals surface area contributed by atoms with E-state index in [9.17, 15) is 13.6 Å². The number of likely N-dealkylation sites (N-methyl/N-ethyl adjacent to an activating group) is 1. The third-order valence-electron chi connectivity index (χ3n) is 6.72. The van der Waals surface area contributed by atoms with Crippen molar-refractivity contribution < 1.29 is 32.9 Å². The highest BCUT2D eigenvalue weighted by Crippen LogP contribution is 2.28. The average molecular weight is 578 g/mol. The zero-order chi connectivity index (χ0) is 29.0. The maximum absolute atomic E-state index is 14.7. The number of amides is 2. The number of fused-ring (bicyclic) bond motifs is 1. The predicted octanol–water partition coefficient (Wildman–Crippen LogP) is 2.70. The van der Waals surface area contributed by atoms with Gasteiger partial charge in [-0.3, -0.25) is 0 Å². The van der Waals surface area contributed by atoms with Crippen molar-refractivity contribution in [2.75, 3.05) is 65.2 Å².